The van der Waals surface area contributed by atoms with Crippen LogP contribution in [-0.2, 0) is 9.53 Å². The Bertz CT molecular complexity index is 891. The molecule has 0 spiro atoms. The Morgan fingerprint density at radius 1 is 0.857 bits per heavy atom. The highest BCUT2D eigenvalue weighted by Gasteiger charge is 2.70. The molecule has 35 heavy (non-hydrogen) atoms. The molecule has 3 heteroatoms. The molecule has 0 radical (unpaired) electrons. The van der Waals surface area contributed by atoms with Gasteiger partial charge in [-0.2, -0.15) is 0 Å². The van der Waals surface area contributed by atoms with Crippen molar-refractivity contribution >= 4 is 5.97 Å². The van der Waals surface area contributed by atoms with Gasteiger partial charge in [0.05, 0.1) is 12.7 Å². The maximum Gasteiger partial charge on any atom is 0.302 e. The Balaban J connectivity index is 1.53. The van der Waals surface area contributed by atoms with E-state index in [1.807, 2.05) is 0 Å². The molecular weight excluding hydrogens is 432 g/mol. The summed E-state index contributed by atoms with van der Waals surface area (Å²) in [6, 6.07) is 0. The molecule has 0 bridgehead atoms. The molecule has 0 aromatic rings. The minimum atomic E-state index is -0.164. The molecule has 0 amide bonds. The molecule has 5 rings (SSSR count). The van der Waals surface area contributed by atoms with Gasteiger partial charge in [-0.1, -0.05) is 46.8 Å². The summed E-state index contributed by atoms with van der Waals surface area (Å²) in [4.78, 5) is 11.9. The fraction of sp³-hybridized carbons (Fsp3) is 0.906. The van der Waals surface area contributed by atoms with Crippen molar-refractivity contribution < 1.29 is 14.6 Å². The van der Waals surface area contributed by atoms with E-state index in [-0.39, 0.29) is 22.9 Å². The van der Waals surface area contributed by atoms with Gasteiger partial charge in [0.2, 0.25) is 0 Å². The standard InChI is InChI=1S/C32H52O3/c1-20(2)22-11-16-32(19-35-21(3)33)18-17-30(7)23(27(22)32)9-10-25-29(6)14-13-26(34)28(4,5)24(29)12-15-31(25,30)8/h22-27,34H,1,9-19H2,2-8H3/t22-,23+,24+,25+,26+,27+,29-,30+,31+,32+/m0/s1. The molecule has 0 aromatic heterocycles. The molecule has 0 saturated heterocycles. The van der Waals surface area contributed by atoms with Crippen LogP contribution in [0.3, 0.4) is 0 Å². The van der Waals surface area contributed by atoms with Crippen molar-refractivity contribution in [3.63, 3.8) is 0 Å². The molecule has 5 aliphatic rings. The Hall–Kier alpha value is -0.830. The normalized spacial score (nSPS) is 52.5. The van der Waals surface area contributed by atoms with E-state index in [9.17, 15) is 9.90 Å². The minimum absolute atomic E-state index is 0.00826. The summed E-state index contributed by atoms with van der Waals surface area (Å²) in [7, 11) is 0. The molecule has 10 atom stereocenters. The van der Waals surface area contributed by atoms with E-state index in [4.69, 9.17) is 4.74 Å². The number of hydrogen-bond donors (Lipinski definition) is 1. The second-order valence-corrected chi connectivity index (χ2v) is 15.2. The molecule has 0 aromatic carbocycles. The van der Waals surface area contributed by atoms with Crippen molar-refractivity contribution in [2.24, 2.45) is 56.7 Å². The highest BCUT2D eigenvalue weighted by atomic mass is 16.5. The van der Waals surface area contributed by atoms with Crippen LogP contribution >= 0.6 is 0 Å². The average molecular weight is 485 g/mol. The summed E-state index contributed by atoms with van der Waals surface area (Å²) >= 11 is 0. The van der Waals surface area contributed by atoms with Crippen molar-refractivity contribution in [3.8, 4) is 0 Å². The third kappa shape index (κ3) is 3.34. The third-order valence-electron chi connectivity index (χ3n) is 13.8. The summed E-state index contributed by atoms with van der Waals surface area (Å²) in [6.45, 7) is 21.5. The quantitative estimate of drug-likeness (QED) is 0.332. The van der Waals surface area contributed by atoms with E-state index in [0.29, 0.717) is 46.5 Å². The summed E-state index contributed by atoms with van der Waals surface area (Å²) in [5.74, 6) is 3.04. The number of esters is 1. The van der Waals surface area contributed by atoms with Gasteiger partial charge < -0.3 is 9.84 Å². The van der Waals surface area contributed by atoms with Gasteiger partial charge >= 0.3 is 5.97 Å². The van der Waals surface area contributed by atoms with Crippen molar-refractivity contribution in [3.05, 3.63) is 12.2 Å². The fourth-order valence-corrected chi connectivity index (χ4v) is 11.8. The van der Waals surface area contributed by atoms with Gasteiger partial charge in [0, 0.05) is 12.3 Å². The average Bonchev–Trinajstić information content (AvgIpc) is 3.16. The van der Waals surface area contributed by atoms with Gasteiger partial charge in [-0.15, -0.1) is 0 Å². The molecule has 3 nitrogen and oxygen atoms in total. The first-order valence-electron chi connectivity index (χ1n) is 14.7. The number of carbonyl (C=O) groups excluding carboxylic acids is 1. The van der Waals surface area contributed by atoms with Gasteiger partial charge in [-0.25, -0.2) is 0 Å². The van der Waals surface area contributed by atoms with Crippen molar-refractivity contribution in [2.75, 3.05) is 6.61 Å². The van der Waals surface area contributed by atoms with Crippen LogP contribution in [0.25, 0.3) is 0 Å². The van der Waals surface area contributed by atoms with E-state index in [2.05, 4.69) is 48.1 Å². The Labute approximate surface area is 214 Å². The van der Waals surface area contributed by atoms with Crippen LogP contribution < -0.4 is 0 Å². The van der Waals surface area contributed by atoms with Crippen molar-refractivity contribution in [1.29, 1.82) is 0 Å². The van der Waals surface area contributed by atoms with E-state index in [0.717, 1.165) is 12.3 Å². The predicted octanol–water partition coefficient (Wildman–Crippen LogP) is 7.57. The molecule has 198 valence electrons. The summed E-state index contributed by atoms with van der Waals surface area (Å²) < 4.78 is 5.79. The zero-order chi connectivity index (χ0) is 25.6. The maximum absolute atomic E-state index is 11.9. The fourth-order valence-electron chi connectivity index (χ4n) is 11.8. The lowest BCUT2D eigenvalue weighted by Crippen LogP contribution is -2.66. The summed E-state index contributed by atoms with van der Waals surface area (Å²) in [5.41, 5.74) is 2.45. The third-order valence-corrected chi connectivity index (χ3v) is 13.8. The van der Waals surface area contributed by atoms with Crippen LogP contribution in [0, 0.1) is 56.7 Å². The maximum atomic E-state index is 11.9. The monoisotopic (exact) mass is 484 g/mol. The SMILES string of the molecule is C=C(C)[C@@H]1CC[C@]2(COC(C)=O)CC[C@]3(C)[C@H](CC[C@@H]4[C@@]5(C)CC[C@@H](O)C(C)(C)[C@H]5CC[C@]43C)[C@@H]12. The second-order valence-electron chi connectivity index (χ2n) is 15.2. The number of fused-ring (bicyclic) bond motifs is 7. The molecule has 5 fully saturated rings. The van der Waals surface area contributed by atoms with Gasteiger partial charge in [0.1, 0.15) is 0 Å². The lowest BCUT2D eigenvalue weighted by Gasteiger charge is -2.73. The van der Waals surface area contributed by atoms with Gasteiger partial charge in [-0.3, -0.25) is 4.79 Å². The lowest BCUT2D eigenvalue weighted by molar-refractivity contribution is -0.249. The molecule has 5 saturated carbocycles. The van der Waals surface area contributed by atoms with Gasteiger partial charge in [0.15, 0.2) is 0 Å². The number of aliphatic hydroxyl groups is 1. The Morgan fingerprint density at radius 3 is 2.23 bits per heavy atom. The Morgan fingerprint density at radius 2 is 1.57 bits per heavy atom. The Kier molecular flexibility index (Phi) is 5.96. The molecule has 5 aliphatic carbocycles. The van der Waals surface area contributed by atoms with Crippen LogP contribution in [0.2, 0.25) is 0 Å². The number of aliphatic hydroxyl groups excluding tert-OH is 1. The molecule has 1 N–H and O–H groups in total. The first kappa shape index (κ1) is 25.8. The lowest BCUT2D eigenvalue weighted by atomic mass is 9.32. The zero-order valence-corrected chi connectivity index (χ0v) is 23.7. The molecule has 0 unspecified atom stereocenters. The van der Waals surface area contributed by atoms with Crippen LogP contribution in [0.4, 0.5) is 0 Å². The van der Waals surface area contributed by atoms with Crippen LogP contribution in [0.1, 0.15) is 113 Å². The number of ether oxygens (including phenoxy) is 1. The summed E-state index contributed by atoms with van der Waals surface area (Å²) in [5, 5.41) is 10.9. The first-order valence-corrected chi connectivity index (χ1v) is 14.7. The topological polar surface area (TPSA) is 46.5 Å². The summed E-state index contributed by atoms with van der Waals surface area (Å²) in [6.07, 6.45) is 12.0. The minimum Gasteiger partial charge on any atom is -0.465 e. The highest BCUT2D eigenvalue weighted by molar-refractivity contribution is 5.65. The smallest absolute Gasteiger partial charge is 0.302 e. The van der Waals surface area contributed by atoms with Crippen LogP contribution in [-0.4, -0.2) is 23.8 Å². The van der Waals surface area contributed by atoms with Crippen LogP contribution in [0.15, 0.2) is 12.2 Å². The van der Waals surface area contributed by atoms with Gasteiger partial charge in [0.25, 0.3) is 0 Å². The van der Waals surface area contributed by atoms with Crippen molar-refractivity contribution in [2.45, 2.75) is 119 Å². The number of allylic oxidation sites excluding steroid dienone is 1. The number of carbonyl (C=O) groups is 1. The number of rotatable bonds is 3. The van der Waals surface area contributed by atoms with Gasteiger partial charge in [-0.05, 0) is 122 Å². The first-order chi connectivity index (χ1) is 16.2. The molecule has 0 heterocycles. The van der Waals surface area contributed by atoms with E-state index >= 15 is 0 Å². The highest BCUT2D eigenvalue weighted by Crippen LogP contribution is 2.77. The van der Waals surface area contributed by atoms with E-state index in [1.54, 1.807) is 6.92 Å². The molecule has 0 aliphatic heterocycles. The number of hydrogen-bond acceptors (Lipinski definition) is 3. The van der Waals surface area contributed by atoms with Crippen molar-refractivity contribution in [1.82, 2.24) is 0 Å². The van der Waals surface area contributed by atoms with Crippen LogP contribution in [0.5, 0.6) is 0 Å². The zero-order valence-electron chi connectivity index (χ0n) is 23.7. The van der Waals surface area contributed by atoms with E-state index < -0.39 is 0 Å². The molecular formula is C32H52O3. The largest absolute Gasteiger partial charge is 0.465 e. The predicted molar refractivity (Wildman–Crippen MR) is 142 cm³/mol. The van der Waals surface area contributed by atoms with E-state index in [1.165, 1.54) is 63.4 Å². The second kappa shape index (κ2) is 8.08.